The van der Waals surface area contributed by atoms with Crippen molar-refractivity contribution in [1.82, 2.24) is 14.3 Å². The Morgan fingerprint density at radius 2 is 2.24 bits per heavy atom. The van der Waals surface area contributed by atoms with E-state index < -0.39 is 29.0 Å². The summed E-state index contributed by atoms with van der Waals surface area (Å²) in [7, 11) is -4.01. The number of halogens is 2. The highest BCUT2D eigenvalue weighted by molar-refractivity contribution is 7.89. The number of hydrogen-bond donors (Lipinski definition) is 2. The predicted octanol–water partition coefficient (Wildman–Crippen LogP) is -0.225. The van der Waals surface area contributed by atoms with E-state index in [4.69, 9.17) is 5.73 Å². The monoisotopic (exact) mass is 268 g/mol. The van der Waals surface area contributed by atoms with E-state index in [0.717, 1.165) is 0 Å². The van der Waals surface area contributed by atoms with Gasteiger partial charge in [-0.1, -0.05) is 0 Å². The summed E-state index contributed by atoms with van der Waals surface area (Å²) in [5.41, 5.74) is 4.80. The minimum Gasteiger partial charge on any atom is -0.336 e. The fraction of sp³-hybridized carbons (Fsp3) is 0.625. The number of nitrogens with zero attached hydrogens (tertiary/aromatic N) is 2. The van der Waals surface area contributed by atoms with Gasteiger partial charge in [-0.3, -0.25) is 0 Å². The Bertz CT molecular complexity index is 472. The molecule has 0 bridgehead atoms. The molecule has 1 heterocycles. The number of hydrogen-bond acceptors (Lipinski definition) is 4. The van der Waals surface area contributed by atoms with E-state index >= 15 is 0 Å². The lowest BCUT2D eigenvalue weighted by Crippen LogP contribution is -2.41. The minimum absolute atomic E-state index is 0.285. The first-order valence-corrected chi connectivity index (χ1v) is 6.38. The molecule has 9 heteroatoms. The molecule has 0 saturated heterocycles. The van der Waals surface area contributed by atoms with E-state index in [2.05, 4.69) is 4.98 Å². The summed E-state index contributed by atoms with van der Waals surface area (Å²) in [6.07, 6.45) is 2.58. The SMILES string of the molecule is CCn1cnc(S(=O)(=O)NCC(F)(F)CN)c1. The number of aromatic nitrogens is 2. The molecule has 3 N–H and O–H groups in total. The van der Waals surface area contributed by atoms with Gasteiger partial charge in [-0.05, 0) is 6.92 Å². The number of alkyl halides is 2. The van der Waals surface area contributed by atoms with Gasteiger partial charge in [0.1, 0.15) is 0 Å². The van der Waals surface area contributed by atoms with Crippen molar-refractivity contribution in [3.63, 3.8) is 0 Å². The molecule has 98 valence electrons. The molecule has 0 unspecified atom stereocenters. The van der Waals surface area contributed by atoms with Crippen LogP contribution in [0, 0.1) is 0 Å². The van der Waals surface area contributed by atoms with Crippen molar-refractivity contribution in [1.29, 1.82) is 0 Å². The first-order valence-electron chi connectivity index (χ1n) is 4.90. The highest BCUT2D eigenvalue weighted by Crippen LogP contribution is 2.11. The third-order valence-corrected chi connectivity index (χ3v) is 3.36. The lowest BCUT2D eigenvalue weighted by atomic mass is 10.3. The predicted molar refractivity (Wildman–Crippen MR) is 57.1 cm³/mol. The molecule has 0 fully saturated rings. The zero-order chi connectivity index (χ0) is 13.1. The van der Waals surface area contributed by atoms with Crippen LogP contribution in [0.2, 0.25) is 0 Å². The van der Waals surface area contributed by atoms with Gasteiger partial charge in [-0.2, -0.15) is 0 Å². The Morgan fingerprint density at radius 1 is 1.59 bits per heavy atom. The quantitative estimate of drug-likeness (QED) is 0.746. The number of nitrogens with one attached hydrogen (secondary N) is 1. The van der Waals surface area contributed by atoms with Gasteiger partial charge < -0.3 is 10.3 Å². The lowest BCUT2D eigenvalue weighted by Gasteiger charge is -2.13. The van der Waals surface area contributed by atoms with Crippen LogP contribution >= 0.6 is 0 Å². The van der Waals surface area contributed by atoms with Crippen LogP contribution in [0.25, 0.3) is 0 Å². The normalized spacial score (nSPS) is 12.9. The van der Waals surface area contributed by atoms with Crippen molar-refractivity contribution in [3.8, 4) is 0 Å². The Morgan fingerprint density at radius 3 is 2.71 bits per heavy atom. The van der Waals surface area contributed by atoms with Crippen LogP contribution < -0.4 is 10.5 Å². The van der Waals surface area contributed by atoms with Crippen LogP contribution in [0.15, 0.2) is 17.6 Å². The van der Waals surface area contributed by atoms with Gasteiger partial charge in [-0.25, -0.2) is 26.9 Å². The Kier molecular flexibility index (Phi) is 4.17. The second-order valence-electron chi connectivity index (χ2n) is 3.43. The standard InChI is InChI=1S/C8H14F2N4O2S/c1-2-14-3-7(12-6-14)17(15,16)13-5-8(9,10)4-11/h3,6,13H,2,4-5,11H2,1H3. The summed E-state index contributed by atoms with van der Waals surface area (Å²) < 4.78 is 52.0. The molecule has 1 aromatic rings. The fourth-order valence-corrected chi connectivity index (χ4v) is 2.01. The van der Waals surface area contributed by atoms with E-state index in [1.54, 1.807) is 11.6 Å². The first kappa shape index (κ1) is 14.0. The molecule has 17 heavy (non-hydrogen) atoms. The molecule has 0 amide bonds. The van der Waals surface area contributed by atoms with E-state index in [9.17, 15) is 17.2 Å². The number of aryl methyl sites for hydroxylation is 1. The van der Waals surface area contributed by atoms with Crippen LogP contribution in [0.4, 0.5) is 8.78 Å². The Hall–Kier alpha value is -1.06. The highest BCUT2D eigenvalue weighted by atomic mass is 32.2. The van der Waals surface area contributed by atoms with E-state index in [1.165, 1.54) is 17.1 Å². The summed E-state index contributed by atoms with van der Waals surface area (Å²) in [4.78, 5) is 3.62. The zero-order valence-corrected chi connectivity index (χ0v) is 10.0. The van der Waals surface area contributed by atoms with Gasteiger partial charge in [0.15, 0.2) is 5.03 Å². The fourth-order valence-electron chi connectivity index (χ4n) is 0.998. The molecule has 0 saturated carbocycles. The maximum Gasteiger partial charge on any atom is 0.273 e. The van der Waals surface area contributed by atoms with Gasteiger partial charge in [-0.15, -0.1) is 0 Å². The number of sulfonamides is 1. The molecule has 1 aromatic heterocycles. The number of imidazole rings is 1. The number of rotatable bonds is 6. The highest BCUT2D eigenvalue weighted by Gasteiger charge is 2.30. The van der Waals surface area contributed by atoms with Crippen LogP contribution in [-0.4, -0.2) is 37.0 Å². The molecule has 0 aliphatic rings. The summed E-state index contributed by atoms with van der Waals surface area (Å²) in [6, 6.07) is 0. The molecule has 0 aliphatic carbocycles. The maximum atomic E-state index is 12.8. The topological polar surface area (TPSA) is 90.0 Å². The average molecular weight is 268 g/mol. The van der Waals surface area contributed by atoms with Crippen molar-refractivity contribution >= 4 is 10.0 Å². The van der Waals surface area contributed by atoms with E-state index in [1.807, 2.05) is 0 Å². The third-order valence-electron chi connectivity index (χ3n) is 2.07. The van der Waals surface area contributed by atoms with Crippen LogP contribution in [0.5, 0.6) is 0 Å². The molecule has 0 radical (unpaired) electrons. The summed E-state index contributed by atoms with van der Waals surface area (Å²) in [5, 5.41) is -0.285. The van der Waals surface area contributed by atoms with E-state index in [-0.39, 0.29) is 5.03 Å². The molecular formula is C8H14F2N4O2S. The van der Waals surface area contributed by atoms with Crippen LogP contribution in [-0.2, 0) is 16.6 Å². The maximum absolute atomic E-state index is 12.8. The van der Waals surface area contributed by atoms with Gasteiger partial charge in [0.25, 0.3) is 15.9 Å². The molecular weight excluding hydrogens is 254 g/mol. The second-order valence-corrected chi connectivity index (χ2v) is 5.14. The third kappa shape index (κ3) is 3.72. The second kappa shape index (κ2) is 5.07. The molecule has 1 rings (SSSR count). The average Bonchev–Trinajstić information content (AvgIpc) is 2.76. The molecule has 0 aromatic carbocycles. The smallest absolute Gasteiger partial charge is 0.273 e. The van der Waals surface area contributed by atoms with Crippen molar-refractivity contribution in [2.75, 3.05) is 13.1 Å². The summed E-state index contributed by atoms with van der Waals surface area (Å²) in [5.74, 6) is -3.26. The summed E-state index contributed by atoms with van der Waals surface area (Å²) in [6.45, 7) is 0.388. The molecule has 0 spiro atoms. The van der Waals surface area contributed by atoms with Crippen LogP contribution in [0.1, 0.15) is 6.92 Å². The summed E-state index contributed by atoms with van der Waals surface area (Å²) >= 11 is 0. The van der Waals surface area contributed by atoms with Crippen molar-refractivity contribution in [3.05, 3.63) is 12.5 Å². The number of nitrogens with two attached hydrogens (primary N) is 1. The zero-order valence-electron chi connectivity index (χ0n) is 9.23. The molecule has 0 aliphatic heterocycles. The molecule has 0 atom stereocenters. The van der Waals surface area contributed by atoms with Crippen molar-refractivity contribution in [2.24, 2.45) is 5.73 Å². The van der Waals surface area contributed by atoms with Crippen molar-refractivity contribution < 1.29 is 17.2 Å². The van der Waals surface area contributed by atoms with E-state index in [0.29, 0.717) is 6.54 Å². The molecule has 6 nitrogen and oxygen atoms in total. The van der Waals surface area contributed by atoms with Gasteiger partial charge >= 0.3 is 0 Å². The van der Waals surface area contributed by atoms with Gasteiger partial charge in [0.2, 0.25) is 0 Å². The van der Waals surface area contributed by atoms with Crippen LogP contribution in [0.3, 0.4) is 0 Å². The van der Waals surface area contributed by atoms with Gasteiger partial charge in [0.05, 0.1) is 19.4 Å². The Balaban J connectivity index is 2.76. The van der Waals surface area contributed by atoms with Crippen molar-refractivity contribution in [2.45, 2.75) is 24.4 Å². The first-order chi connectivity index (χ1) is 7.80. The van der Waals surface area contributed by atoms with Gasteiger partial charge in [0, 0.05) is 12.7 Å². The largest absolute Gasteiger partial charge is 0.336 e. The lowest BCUT2D eigenvalue weighted by molar-refractivity contribution is 0.0170. The minimum atomic E-state index is -4.01. The Labute approximate surface area is 97.9 Å².